The van der Waals surface area contributed by atoms with Crippen molar-refractivity contribution in [2.75, 3.05) is 10.6 Å². The summed E-state index contributed by atoms with van der Waals surface area (Å²) in [5.41, 5.74) is 4.95. The molecule has 0 aliphatic heterocycles. The Labute approximate surface area is 127 Å². The van der Waals surface area contributed by atoms with Gasteiger partial charge in [-0.2, -0.15) is 0 Å². The number of sulfonamides is 1. The third-order valence-corrected chi connectivity index (χ3v) is 4.95. The zero-order chi connectivity index (χ0) is 15.6. The molecule has 4 heteroatoms. The zero-order valence-corrected chi connectivity index (χ0v) is 13.7. The molecule has 0 saturated carbocycles. The lowest BCUT2D eigenvalue weighted by Gasteiger charge is -2.25. The highest BCUT2D eigenvalue weighted by Crippen LogP contribution is 2.27. The van der Waals surface area contributed by atoms with Crippen LogP contribution >= 0.6 is 0 Å². The highest BCUT2D eigenvalue weighted by Gasteiger charge is 2.20. The summed E-state index contributed by atoms with van der Waals surface area (Å²) >= 11 is 0. The van der Waals surface area contributed by atoms with Gasteiger partial charge in [-0.05, 0) is 49.1 Å². The third kappa shape index (κ3) is 3.45. The van der Waals surface area contributed by atoms with E-state index in [1.165, 1.54) is 10.6 Å². The number of anilines is 1. The molecule has 0 aromatic heterocycles. The van der Waals surface area contributed by atoms with Crippen LogP contribution in [0.25, 0.3) is 0 Å². The van der Waals surface area contributed by atoms with E-state index in [0.29, 0.717) is 6.54 Å². The van der Waals surface area contributed by atoms with Crippen LogP contribution in [-0.4, -0.2) is 14.7 Å². The van der Waals surface area contributed by atoms with Crippen molar-refractivity contribution in [3.05, 3.63) is 64.7 Å². The molecule has 0 saturated heterocycles. The summed E-state index contributed by atoms with van der Waals surface area (Å²) in [4.78, 5) is 0. The quantitative estimate of drug-likeness (QED) is 0.866. The number of hydrogen-bond donors (Lipinski definition) is 0. The average Bonchev–Trinajstić information content (AvgIpc) is 2.40. The van der Waals surface area contributed by atoms with Crippen LogP contribution in [0.4, 0.5) is 5.69 Å². The molecule has 0 radical (unpaired) electrons. The first-order chi connectivity index (χ1) is 9.80. The van der Waals surface area contributed by atoms with Crippen LogP contribution in [0, 0.1) is 20.8 Å². The van der Waals surface area contributed by atoms with Gasteiger partial charge in [-0.1, -0.05) is 36.4 Å². The molecule has 0 spiro atoms. The Kier molecular flexibility index (Phi) is 4.37. The summed E-state index contributed by atoms with van der Waals surface area (Å²) < 4.78 is 26.0. The predicted molar refractivity (Wildman–Crippen MR) is 88.1 cm³/mol. The normalized spacial score (nSPS) is 11.4. The molecule has 112 valence electrons. The molecule has 21 heavy (non-hydrogen) atoms. The number of rotatable bonds is 4. The van der Waals surface area contributed by atoms with Gasteiger partial charge in [0.15, 0.2) is 0 Å². The SMILES string of the molecule is Cc1ccccc1CN(c1cccc(C)c1C)S(C)(=O)=O. The third-order valence-electron chi connectivity index (χ3n) is 3.82. The first-order valence-corrected chi connectivity index (χ1v) is 8.74. The second-order valence-corrected chi connectivity index (χ2v) is 7.32. The number of aryl methyl sites for hydroxylation is 2. The monoisotopic (exact) mass is 303 g/mol. The summed E-state index contributed by atoms with van der Waals surface area (Å²) in [6, 6.07) is 13.6. The lowest BCUT2D eigenvalue weighted by molar-refractivity contribution is 0.596. The second-order valence-electron chi connectivity index (χ2n) is 5.42. The topological polar surface area (TPSA) is 37.4 Å². The Hall–Kier alpha value is -1.81. The van der Waals surface area contributed by atoms with E-state index in [9.17, 15) is 8.42 Å². The summed E-state index contributed by atoms with van der Waals surface area (Å²) in [7, 11) is -3.34. The van der Waals surface area contributed by atoms with Crippen molar-refractivity contribution in [2.24, 2.45) is 0 Å². The molecule has 0 bridgehead atoms. The fourth-order valence-corrected chi connectivity index (χ4v) is 3.26. The molecule has 0 unspecified atom stereocenters. The van der Waals surface area contributed by atoms with Crippen molar-refractivity contribution in [1.29, 1.82) is 0 Å². The molecule has 0 atom stereocenters. The Morgan fingerprint density at radius 2 is 1.52 bits per heavy atom. The van der Waals surface area contributed by atoms with Crippen molar-refractivity contribution >= 4 is 15.7 Å². The highest BCUT2D eigenvalue weighted by atomic mass is 32.2. The molecular weight excluding hydrogens is 282 g/mol. The minimum Gasteiger partial charge on any atom is -0.266 e. The smallest absolute Gasteiger partial charge is 0.232 e. The van der Waals surface area contributed by atoms with E-state index in [-0.39, 0.29) is 0 Å². The van der Waals surface area contributed by atoms with Crippen LogP contribution in [0.5, 0.6) is 0 Å². The number of nitrogens with zero attached hydrogens (tertiary/aromatic N) is 1. The summed E-state index contributed by atoms with van der Waals surface area (Å²) in [5.74, 6) is 0. The maximum absolute atomic E-state index is 12.2. The van der Waals surface area contributed by atoms with Crippen LogP contribution in [0.15, 0.2) is 42.5 Å². The molecule has 0 aliphatic carbocycles. The minimum absolute atomic E-state index is 0.357. The van der Waals surface area contributed by atoms with E-state index in [0.717, 1.165) is 27.9 Å². The van der Waals surface area contributed by atoms with Crippen molar-refractivity contribution in [1.82, 2.24) is 0 Å². The molecule has 0 aliphatic rings. The molecule has 0 amide bonds. The lowest BCUT2D eigenvalue weighted by atomic mass is 10.1. The van der Waals surface area contributed by atoms with Gasteiger partial charge in [0, 0.05) is 0 Å². The van der Waals surface area contributed by atoms with Crippen molar-refractivity contribution in [3.8, 4) is 0 Å². The van der Waals surface area contributed by atoms with Gasteiger partial charge >= 0.3 is 0 Å². The molecule has 0 N–H and O–H groups in total. The zero-order valence-electron chi connectivity index (χ0n) is 12.9. The van der Waals surface area contributed by atoms with Gasteiger partial charge in [-0.3, -0.25) is 4.31 Å². The molecule has 0 fully saturated rings. The van der Waals surface area contributed by atoms with Crippen LogP contribution in [0.2, 0.25) is 0 Å². The minimum atomic E-state index is -3.34. The van der Waals surface area contributed by atoms with Crippen molar-refractivity contribution in [3.63, 3.8) is 0 Å². The van der Waals surface area contributed by atoms with E-state index in [2.05, 4.69) is 0 Å². The van der Waals surface area contributed by atoms with E-state index in [1.54, 1.807) is 0 Å². The molecule has 0 heterocycles. The lowest BCUT2D eigenvalue weighted by Crippen LogP contribution is -2.30. The fraction of sp³-hybridized carbons (Fsp3) is 0.294. The Bertz CT molecular complexity index is 751. The predicted octanol–water partition coefficient (Wildman–Crippen LogP) is 3.58. The summed E-state index contributed by atoms with van der Waals surface area (Å²) in [6.07, 6.45) is 1.26. The molecule has 2 aromatic rings. The van der Waals surface area contributed by atoms with E-state index < -0.39 is 10.0 Å². The standard InChI is InChI=1S/C17H21NO2S/c1-13-9-7-11-17(15(13)3)18(21(4,19)20)12-16-10-6-5-8-14(16)2/h5-11H,12H2,1-4H3. The highest BCUT2D eigenvalue weighted by molar-refractivity contribution is 7.92. The second kappa shape index (κ2) is 5.90. The molecular formula is C17H21NO2S. The van der Waals surface area contributed by atoms with Gasteiger partial charge in [0.2, 0.25) is 10.0 Å². The first kappa shape index (κ1) is 15.6. The Balaban J connectivity index is 2.51. The van der Waals surface area contributed by atoms with Crippen molar-refractivity contribution in [2.45, 2.75) is 27.3 Å². The van der Waals surface area contributed by atoms with Gasteiger partial charge in [0.1, 0.15) is 0 Å². The Morgan fingerprint density at radius 3 is 2.14 bits per heavy atom. The van der Waals surface area contributed by atoms with Gasteiger partial charge in [-0.15, -0.1) is 0 Å². The molecule has 2 aromatic carbocycles. The van der Waals surface area contributed by atoms with Gasteiger partial charge in [-0.25, -0.2) is 8.42 Å². The van der Waals surface area contributed by atoms with Gasteiger partial charge < -0.3 is 0 Å². The molecule has 3 nitrogen and oxygen atoms in total. The van der Waals surface area contributed by atoms with Crippen LogP contribution < -0.4 is 4.31 Å². The Morgan fingerprint density at radius 1 is 0.905 bits per heavy atom. The maximum atomic E-state index is 12.2. The summed E-state index contributed by atoms with van der Waals surface area (Å²) in [6.45, 7) is 6.31. The number of benzene rings is 2. The number of hydrogen-bond acceptors (Lipinski definition) is 2. The maximum Gasteiger partial charge on any atom is 0.232 e. The van der Waals surface area contributed by atoms with Crippen LogP contribution in [0.3, 0.4) is 0 Å². The average molecular weight is 303 g/mol. The first-order valence-electron chi connectivity index (χ1n) is 6.89. The van der Waals surface area contributed by atoms with Crippen molar-refractivity contribution < 1.29 is 8.42 Å². The van der Waals surface area contributed by atoms with E-state index in [1.807, 2.05) is 63.2 Å². The largest absolute Gasteiger partial charge is 0.266 e. The van der Waals surface area contributed by atoms with Gasteiger partial charge in [0.25, 0.3) is 0 Å². The van der Waals surface area contributed by atoms with E-state index >= 15 is 0 Å². The van der Waals surface area contributed by atoms with Crippen LogP contribution in [0.1, 0.15) is 22.3 Å². The van der Waals surface area contributed by atoms with E-state index in [4.69, 9.17) is 0 Å². The fourth-order valence-electron chi connectivity index (χ4n) is 2.33. The van der Waals surface area contributed by atoms with Crippen LogP contribution in [-0.2, 0) is 16.6 Å². The summed E-state index contributed by atoms with van der Waals surface area (Å²) in [5, 5.41) is 0. The molecule has 2 rings (SSSR count). The van der Waals surface area contributed by atoms with Gasteiger partial charge in [0.05, 0.1) is 18.5 Å².